The maximum atomic E-state index is 12.4. The Morgan fingerprint density at radius 1 is 1.14 bits per heavy atom. The van der Waals surface area contributed by atoms with Crippen LogP contribution in [0, 0.1) is 5.92 Å². The Hall–Kier alpha value is -0.990. The number of hydrogen-bond donors (Lipinski definition) is 1. The van der Waals surface area contributed by atoms with Gasteiger partial charge in [0, 0.05) is 43.7 Å². The number of nitrogens with zero attached hydrogens (tertiary/aromatic N) is 2. The number of hydrogen-bond acceptors (Lipinski definition) is 5. The first kappa shape index (κ1) is 21.7. The van der Waals surface area contributed by atoms with Crippen LogP contribution in [0.1, 0.15) is 25.5 Å². The molecule has 2 aliphatic rings. The summed E-state index contributed by atoms with van der Waals surface area (Å²) in [7, 11) is 0. The smallest absolute Gasteiger partial charge is 0.234 e. The highest BCUT2D eigenvalue weighted by atomic mass is 79.9. The number of carbonyl (C=O) groups excluding carboxylic acids is 1. The van der Waals surface area contributed by atoms with Gasteiger partial charge in [-0.3, -0.25) is 14.6 Å². The van der Waals surface area contributed by atoms with Crippen LogP contribution in [0.2, 0.25) is 0 Å². The van der Waals surface area contributed by atoms with Crippen molar-refractivity contribution < 1.29 is 14.3 Å². The van der Waals surface area contributed by atoms with E-state index in [9.17, 15) is 4.79 Å². The van der Waals surface area contributed by atoms with Crippen molar-refractivity contribution in [2.45, 2.75) is 26.1 Å². The van der Waals surface area contributed by atoms with Crippen LogP contribution in [-0.4, -0.2) is 80.8 Å². The molecule has 3 rings (SSSR count). The molecule has 1 aromatic rings. The Labute approximate surface area is 176 Å². The summed E-state index contributed by atoms with van der Waals surface area (Å²) in [5, 5.41) is 3.06. The van der Waals surface area contributed by atoms with E-state index in [-0.39, 0.29) is 18.1 Å². The summed E-state index contributed by atoms with van der Waals surface area (Å²) in [6, 6.07) is 8.19. The van der Waals surface area contributed by atoms with Crippen molar-refractivity contribution in [3.63, 3.8) is 0 Å². The van der Waals surface area contributed by atoms with Crippen molar-refractivity contribution in [2.75, 3.05) is 59.0 Å². The van der Waals surface area contributed by atoms with Crippen molar-refractivity contribution in [3.05, 3.63) is 34.3 Å². The fourth-order valence-corrected chi connectivity index (χ4v) is 4.06. The minimum atomic E-state index is 0.0147. The standard InChI is InChI=1S/C21H32BrN3O3/c1-16(2)12-24-7-9-27-19(13-24)11-23-21(26)15-25-8-10-28-20(14-25)17-3-5-18(22)6-4-17/h3-6,16,19-20H,7-15H2,1-2H3,(H,23,26). The third-order valence-corrected chi connectivity index (χ3v) is 5.66. The number of rotatable bonds is 7. The number of morpholine rings is 2. The Morgan fingerprint density at radius 3 is 2.61 bits per heavy atom. The lowest BCUT2D eigenvalue weighted by Crippen LogP contribution is -2.50. The molecule has 2 unspecified atom stereocenters. The normalized spacial score (nSPS) is 24.4. The van der Waals surface area contributed by atoms with Crippen molar-refractivity contribution in [2.24, 2.45) is 5.92 Å². The Balaban J connectivity index is 1.41. The number of benzene rings is 1. The molecule has 2 aliphatic heterocycles. The van der Waals surface area contributed by atoms with Crippen LogP contribution in [0.3, 0.4) is 0 Å². The summed E-state index contributed by atoms with van der Waals surface area (Å²) in [5.41, 5.74) is 1.15. The third-order valence-electron chi connectivity index (χ3n) is 5.13. The summed E-state index contributed by atoms with van der Waals surface area (Å²) in [5.74, 6) is 0.703. The molecule has 0 saturated carbocycles. The molecule has 2 fully saturated rings. The lowest BCUT2D eigenvalue weighted by molar-refractivity contribution is -0.125. The molecule has 1 amide bonds. The minimum Gasteiger partial charge on any atom is -0.374 e. The number of carbonyl (C=O) groups is 1. The molecule has 1 N–H and O–H groups in total. The van der Waals surface area contributed by atoms with Gasteiger partial charge in [-0.25, -0.2) is 0 Å². The van der Waals surface area contributed by atoms with Gasteiger partial charge in [-0.05, 0) is 23.6 Å². The molecule has 156 valence electrons. The molecule has 2 atom stereocenters. The van der Waals surface area contributed by atoms with E-state index in [1.165, 1.54) is 0 Å². The quantitative estimate of drug-likeness (QED) is 0.686. The molecular formula is C21H32BrN3O3. The summed E-state index contributed by atoms with van der Waals surface area (Å²) in [6.45, 7) is 11.3. The maximum Gasteiger partial charge on any atom is 0.234 e. The van der Waals surface area contributed by atoms with E-state index in [4.69, 9.17) is 9.47 Å². The number of ether oxygens (including phenoxy) is 2. The molecule has 0 radical (unpaired) electrons. The van der Waals surface area contributed by atoms with Gasteiger partial charge in [0.1, 0.15) is 0 Å². The van der Waals surface area contributed by atoms with Gasteiger partial charge in [-0.2, -0.15) is 0 Å². The van der Waals surface area contributed by atoms with Gasteiger partial charge in [0.15, 0.2) is 0 Å². The zero-order chi connectivity index (χ0) is 19.9. The molecule has 6 nitrogen and oxygen atoms in total. The van der Waals surface area contributed by atoms with Gasteiger partial charge in [0.2, 0.25) is 5.91 Å². The highest BCUT2D eigenvalue weighted by Crippen LogP contribution is 2.23. The van der Waals surface area contributed by atoms with Crippen LogP contribution in [-0.2, 0) is 14.3 Å². The molecule has 0 spiro atoms. The van der Waals surface area contributed by atoms with E-state index >= 15 is 0 Å². The number of halogens is 1. The van der Waals surface area contributed by atoms with Crippen LogP contribution in [0.5, 0.6) is 0 Å². The van der Waals surface area contributed by atoms with Gasteiger partial charge in [-0.1, -0.05) is 41.9 Å². The van der Waals surface area contributed by atoms with Crippen molar-refractivity contribution in [1.82, 2.24) is 15.1 Å². The van der Waals surface area contributed by atoms with Gasteiger partial charge < -0.3 is 14.8 Å². The molecule has 1 aromatic carbocycles. The Kier molecular flexibility index (Phi) is 8.29. The number of amides is 1. The monoisotopic (exact) mass is 453 g/mol. The van der Waals surface area contributed by atoms with E-state index < -0.39 is 0 Å². The Bertz CT molecular complexity index is 626. The van der Waals surface area contributed by atoms with Gasteiger partial charge in [0.25, 0.3) is 0 Å². The molecular weight excluding hydrogens is 422 g/mol. The third kappa shape index (κ3) is 6.81. The number of nitrogens with one attached hydrogen (secondary N) is 1. The molecule has 2 heterocycles. The van der Waals surface area contributed by atoms with Gasteiger partial charge >= 0.3 is 0 Å². The van der Waals surface area contributed by atoms with E-state index in [2.05, 4.69) is 57.0 Å². The predicted octanol–water partition coefficient (Wildman–Crippen LogP) is 2.30. The average Bonchev–Trinajstić information content (AvgIpc) is 2.67. The Morgan fingerprint density at radius 2 is 1.86 bits per heavy atom. The second-order valence-corrected chi connectivity index (χ2v) is 9.01. The predicted molar refractivity (Wildman–Crippen MR) is 113 cm³/mol. The lowest BCUT2D eigenvalue weighted by Gasteiger charge is -2.34. The molecule has 2 saturated heterocycles. The van der Waals surface area contributed by atoms with Crippen molar-refractivity contribution in [3.8, 4) is 0 Å². The van der Waals surface area contributed by atoms with Crippen LogP contribution < -0.4 is 5.32 Å². The molecule has 0 bridgehead atoms. The van der Waals surface area contributed by atoms with Gasteiger partial charge in [-0.15, -0.1) is 0 Å². The topological polar surface area (TPSA) is 54.0 Å². The SMILES string of the molecule is CC(C)CN1CCOC(CNC(=O)CN2CCOC(c3ccc(Br)cc3)C2)C1. The van der Waals surface area contributed by atoms with E-state index in [1.54, 1.807) is 0 Å². The zero-order valence-electron chi connectivity index (χ0n) is 16.9. The summed E-state index contributed by atoms with van der Waals surface area (Å²) in [4.78, 5) is 17.0. The largest absolute Gasteiger partial charge is 0.374 e. The first-order valence-electron chi connectivity index (χ1n) is 10.2. The van der Waals surface area contributed by atoms with Crippen LogP contribution in [0.25, 0.3) is 0 Å². The fraction of sp³-hybridized carbons (Fsp3) is 0.667. The minimum absolute atomic E-state index is 0.0147. The van der Waals surface area contributed by atoms with Crippen LogP contribution in [0.4, 0.5) is 0 Å². The lowest BCUT2D eigenvalue weighted by atomic mass is 10.1. The average molecular weight is 454 g/mol. The molecule has 28 heavy (non-hydrogen) atoms. The second kappa shape index (κ2) is 10.7. The molecule has 0 aliphatic carbocycles. The van der Waals surface area contributed by atoms with Crippen LogP contribution >= 0.6 is 15.9 Å². The summed E-state index contributed by atoms with van der Waals surface area (Å²) < 4.78 is 12.8. The van der Waals surface area contributed by atoms with E-state index in [1.807, 2.05) is 12.1 Å². The highest BCUT2D eigenvalue weighted by molar-refractivity contribution is 9.10. The molecule has 7 heteroatoms. The first-order chi connectivity index (χ1) is 13.5. The fourth-order valence-electron chi connectivity index (χ4n) is 3.80. The van der Waals surface area contributed by atoms with Gasteiger partial charge in [0.05, 0.1) is 32.0 Å². The highest BCUT2D eigenvalue weighted by Gasteiger charge is 2.25. The summed E-state index contributed by atoms with van der Waals surface area (Å²) in [6.07, 6.45) is 0.0950. The van der Waals surface area contributed by atoms with Crippen molar-refractivity contribution >= 4 is 21.8 Å². The zero-order valence-corrected chi connectivity index (χ0v) is 18.5. The first-order valence-corrected chi connectivity index (χ1v) is 11.0. The molecule has 0 aromatic heterocycles. The van der Waals surface area contributed by atoms with E-state index in [0.717, 1.165) is 49.4 Å². The van der Waals surface area contributed by atoms with E-state index in [0.29, 0.717) is 25.6 Å². The van der Waals surface area contributed by atoms with Crippen LogP contribution in [0.15, 0.2) is 28.7 Å². The second-order valence-electron chi connectivity index (χ2n) is 8.10. The maximum absolute atomic E-state index is 12.4. The van der Waals surface area contributed by atoms with Crippen molar-refractivity contribution in [1.29, 1.82) is 0 Å². The summed E-state index contributed by atoms with van der Waals surface area (Å²) >= 11 is 3.46.